The third-order valence-corrected chi connectivity index (χ3v) is 3.57. The van der Waals surface area contributed by atoms with E-state index < -0.39 is 0 Å². The molecule has 0 saturated carbocycles. The maximum absolute atomic E-state index is 12.0. The van der Waals surface area contributed by atoms with Gasteiger partial charge in [-0.25, -0.2) is 0 Å². The predicted molar refractivity (Wildman–Crippen MR) is 85.5 cm³/mol. The Morgan fingerprint density at radius 3 is 3.13 bits per heavy atom. The van der Waals surface area contributed by atoms with Crippen LogP contribution in [0, 0.1) is 11.3 Å². The molecule has 122 valence electrons. The number of carbonyl (C=O) groups excluding carboxylic acids is 1. The Hall–Kier alpha value is -2.52. The lowest BCUT2D eigenvalue weighted by Crippen LogP contribution is -2.32. The molecule has 0 radical (unpaired) electrons. The highest BCUT2D eigenvalue weighted by Crippen LogP contribution is 2.12. The maximum atomic E-state index is 12.0. The van der Waals surface area contributed by atoms with Crippen LogP contribution < -0.4 is 15.4 Å². The number of methoxy groups -OCH3 is 1. The minimum Gasteiger partial charge on any atom is -0.497 e. The van der Waals surface area contributed by atoms with Crippen LogP contribution in [-0.2, 0) is 16.1 Å². The Balaban J connectivity index is 1.82. The quantitative estimate of drug-likeness (QED) is 0.588. The lowest BCUT2D eigenvalue weighted by molar-refractivity contribution is -0.117. The largest absolute Gasteiger partial charge is 0.497 e. The van der Waals surface area contributed by atoms with E-state index in [2.05, 4.69) is 10.6 Å². The summed E-state index contributed by atoms with van der Waals surface area (Å²) in [6, 6.07) is 9.49. The van der Waals surface area contributed by atoms with Gasteiger partial charge in [0.2, 0.25) is 0 Å². The summed E-state index contributed by atoms with van der Waals surface area (Å²) < 4.78 is 10.6. The normalized spacial score (nSPS) is 17.4. The van der Waals surface area contributed by atoms with Crippen molar-refractivity contribution in [3.05, 3.63) is 41.6 Å². The number of carbonyl (C=O) groups is 1. The number of hydrogen-bond acceptors (Lipinski definition) is 5. The number of nitrogens with one attached hydrogen (secondary N) is 2. The minimum atomic E-state index is -0.388. The summed E-state index contributed by atoms with van der Waals surface area (Å²) in [6.45, 7) is 1.68. The first-order valence-electron chi connectivity index (χ1n) is 7.59. The summed E-state index contributed by atoms with van der Waals surface area (Å²) in [6.07, 6.45) is 3.46. The number of benzene rings is 1. The van der Waals surface area contributed by atoms with Crippen molar-refractivity contribution in [2.24, 2.45) is 0 Å². The van der Waals surface area contributed by atoms with Gasteiger partial charge in [0, 0.05) is 25.9 Å². The summed E-state index contributed by atoms with van der Waals surface area (Å²) in [7, 11) is 1.61. The summed E-state index contributed by atoms with van der Waals surface area (Å²) >= 11 is 0. The molecule has 1 atom stereocenters. The van der Waals surface area contributed by atoms with Crippen LogP contribution in [0.1, 0.15) is 18.4 Å². The average Bonchev–Trinajstić information content (AvgIpc) is 3.10. The molecule has 6 heteroatoms. The zero-order chi connectivity index (χ0) is 16.5. The minimum absolute atomic E-state index is 0.0471. The van der Waals surface area contributed by atoms with Gasteiger partial charge >= 0.3 is 0 Å². The van der Waals surface area contributed by atoms with Gasteiger partial charge in [-0.3, -0.25) is 4.79 Å². The first-order valence-corrected chi connectivity index (χ1v) is 7.59. The molecule has 6 nitrogen and oxygen atoms in total. The number of nitriles is 1. The van der Waals surface area contributed by atoms with Gasteiger partial charge in [0.05, 0.1) is 13.2 Å². The summed E-state index contributed by atoms with van der Waals surface area (Å²) in [5.41, 5.74) is 1.04. The Labute approximate surface area is 136 Å². The van der Waals surface area contributed by atoms with Gasteiger partial charge in [-0.2, -0.15) is 5.26 Å². The first kappa shape index (κ1) is 16.8. The average molecular weight is 315 g/mol. The van der Waals surface area contributed by atoms with E-state index in [9.17, 15) is 4.79 Å². The van der Waals surface area contributed by atoms with Crippen LogP contribution in [0.25, 0.3) is 0 Å². The van der Waals surface area contributed by atoms with E-state index >= 15 is 0 Å². The zero-order valence-corrected chi connectivity index (χ0v) is 13.2. The van der Waals surface area contributed by atoms with Gasteiger partial charge < -0.3 is 20.1 Å². The standard InChI is InChI=1S/C17H21N3O3/c1-22-15-5-2-4-13(8-15)10-19-11-14(9-18)17(21)20-12-16-6-3-7-23-16/h2,4-5,8,11,16,19H,3,6-7,10,12H2,1H3,(H,20,21)/b14-11-. The molecule has 0 aliphatic carbocycles. The molecule has 0 aromatic heterocycles. The van der Waals surface area contributed by atoms with Gasteiger partial charge in [0.25, 0.3) is 5.91 Å². The van der Waals surface area contributed by atoms with Crippen LogP contribution >= 0.6 is 0 Å². The molecule has 1 aliphatic heterocycles. The Morgan fingerprint density at radius 2 is 2.43 bits per heavy atom. The molecule has 2 rings (SSSR count). The van der Waals surface area contributed by atoms with Gasteiger partial charge in [-0.15, -0.1) is 0 Å². The fraction of sp³-hybridized carbons (Fsp3) is 0.412. The topological polar surface area (TPSA) is 83.4 Å². The van der Waals surface area contributed by atoms with Crippen molar-refractivity contribution < 1.29 is 14.3 Å². The lowest BCUT2D eigenvalue weighted by Gasteiger charge is -2.10. The van der Waals surface area contributed by atoms with E-state index in [4.69, 9.17) is 14.7 Å². The monoisotopic (exact) mass is 315 g/mol. The van der Waals surface area contributed by atoms with Gasteiger partial charge in [-0.05, 0) is 30.5 Å². The van der Waals surface area contributed by atoms with Crippen molar-refractivity contribution in [3.63, 3.8) is 0 Å². The van der Waals surface area contributed by atoms with Crippen molar-refractivity contribution >= 4 is 5.91 Å². The number of ether oxygens (including phenoxy) is 2. The molecule has 1 saturated heterocycles. The van der Waals surface area contributed by atoms with Crippen molar-refractivity contribution in [2.75, 3.05) is 20.3 Å². The van der Waals surface area contributed by atoms with E-state index in [1.54, 1.807) is 7.11 Å². The number of nitrogens with zero attached hydrogens (tertiary/aromatic N) is 1. The van der Waals surface area contributed by atoms with Crippen molar-refractivity contribution in [2.45, 2.75) is 25.5 Å². The van der Waals surface area contributed by atoms with Gasteiger partial charge in [0.15, 0.2) is 0 Å². The molecule has 1 heterocycles. The lowest BCUT2D eigenvalue weighted by atomic mass is 10.2. The number of rotatable bonds is 7. The highest BCUT2D eigenvalue weighted by molar-refractivity contribution is 5.97. The van der Waals surface area contributed by atoms with Crippen LogP contribution in [0.5, 0.6) is 5.75 Å². The van der Waals surface area contributed by atoms with Crippen molar-refractivity contribution in [1.29, 1.82) is 5.26 Å². The van der Waals surface area contributed by atoms with Crippen LogP contribution in [0.4, 0.5) is 0 Å². The summed E-state index contributed by atoms with van der Waals surface area (Å²) in [5, 5.41) is 14.8. The summed E-state index contributed by atoms with van der Waals surface area (Å²) in [5.74, 6) is 0.379. The van der Waals surface area contributed by atoms with Crippen LogP contribution in [0.3, 0.4) is 0 Å². The van der Waals surface area contributed by atoms with E-state index in [1.807, 2.05) is 30.3 Å². The molecular weight excluding hydrogens is 294 g/mol. The molecular formula is C17H21N3O3. The molecule has 2 N–H and O–H groups in total. The molecule has 1 aromatic rings. The van der Waals surface area contributed by atoms with E-state index in [-0.39, 0.29) is 17.6 Å². The Kier molecular flexibility index (Phi) is 6.45. The maximum Gasteiger partial charge on any atom is 0.263 e. The van der Waals surface area contributed by atoms with E-state index in [0.29, 0.717) is 13.1 Å². The molecule has 1 amide bonds. The smallest absolute Gasteiger partial charge is 0.263 e. The third-order valence-electron chi connectivity index (χ3n) is 3.57. The summed E-state index contributed by atoms with van der Waals surface area (Å²) in [4.78, 5) is 12.0. The SMILES string of the molecule is COc1cccc(CN/C=C(/C#N)C(=O)NCC2CCCO2)c1. The van der Waals surface area contributed by atoms with Crippen LogP contribution in [-0.4, -0.2) is 32.3 Å². The molecule has 1 aromatic carbocycles. The molecule has 1 fully saturated rings. The molecule has 23 heavy (non-hydrogen) atoms. The van der Waals surface area contributed by atoms with Crippen molar-refractivity contribution in [3.8, 4) is 11.8 Å². The number of hydrogen-bond donors (Lipinski definition) is 2. The third kappa shape index (κ3) is 5.31. The van der Waals surface area contributed by atoms with Crippen LogP contribution in [0.2, 0.25) is 0 Å². The zero-order valence-electron chi connectivity index (χ0n) is 13.2. The highest BCUT2D eigenvalue weighted by Gasteiger charge is 2.17. The first-order chi connectivity index (χ1) is 11.2. The van der Waals surface area contributed by atoms with Crippen molar-refractivity contribution in [1.82, 2.24) is 10.6 Å². The van der Waals surface area contributed by atoms with E-state index in [0.717, 1.165) is 30.8 Å². The second kappa shape index (κ2) is 8.81. The molecule has 1 aliphatic rings. The predicted octanol–water partition coefficient (Wildman–Crippen LogP) is 1.49. The second-order valence-electron chi connectivity index (χ2n) is 5.25. The van der Waals surface area contributed by atoms with Gasteiger partial charge in [0.1, 0.15) is 17.4 Å². The fourth-order valence-electron chi connectivity index (χ4n) is 2.31. The van der Waals surface area contributed by atoms with E-state index in [1.165, 1.54) is 6.20 Å². The Bertz CT molecular complexity index is 601. The van der Waals surface area contributed by atoms with Crippen LogP contribution in [0.15, 0.2) is 36.0 Å². The Morgan fingerprint density at radius 1 is 1.57 bits per heavy atom. The number of amides is 1. The van der Waals surface area contributed by atoms with Gasteiger partial charge in [-0.1, -0.05) is 12.1 Å². The molecule has 0 spiro atoms. The highest BCUT2D eigenvalue weighted by atomic mass is 16.5. The fourth-order valence-corrected chi connectivity index (χ4v) is 2.31. The molecule has 0 bridgehead atoms. The second-order valence-corrected chi connectivity index (χ2v) is 5.25. The molecule has 1 unspecified atom stereocenters.